The van der Waals surface area contributed by atoms with E-state index >= 15 is 0 Å². The minimum atomic E-state index is -0.752. The number of hydrogen-bond donors (Lipinski definition) is 2. The van der Waals surface area contributed by atoms with Crippen molar-refractivity contribution in [3.63, 3.8) is 0 Å². The number of carbonyl (C=O) groups is 1. The quantitative estimate of drug-likeness (QED) is 0.887. The average Bonchev–Trinajstić information content (AvgIpc) is 2.49. The maximum atomic E-state index is 13.5. The van der Waals surface area contributed by atoms with Gasteiger partial charge in [0.1, 0.15) is 11.6 Å². The van der Waals surface area contributed by atoms with Gasteiger partial charge in [0.25, 0.3) is 5.91 Å². The van der Waals surface area contributed by atoms with Crippen LogP contribution in [0.2, 0.25) is 0 Å². The maximum absolute atomic E-state index is 13.5. The van der Waals surface area contributed by atoms with Crippen molar-refractivity contribution in [2.45, 2.75) is 13.5 Å². The van der Waals surface area contributed by atoms with E-state index < -0.39 is 17.5 Å². The van der Waals surface area contributed by atoms with E-state index in [2.05, 4.69) is 10.6 Å². The van der Waals surface area contributed by atoms with E-state index in [0.29, 0.717) is 5.69 Å². The second-order valence-corrected chi connectivity index (χ2v) is 4.56. The van der Waals surface area contributed by atoms with Gasteiger partial charge < -0.3 is 10.6 Å². The number of carbonyl (C=O) groups excluding carboxylic acids is 1. The third-order valence-corrected chi connectivity index (χ3v) is 2.96. The van der Waals surface area contributed by atoms with E-state index in [1.165, 1.54) is 0 Å². The molecule has 0 heterocycles. The van der Waals surface area contributed by atoms with Gasteiger partial charge in [-0.2, -0.15) is 0 Å². The fourth-order valence-corrected chi connectivity index (χ4v) is 1.85. The number of anilines is 1. The Bertz CT molecular complexity index is 627. The topological polar surface area (TPSA) is 41.1 Å². The van der Waals surface area contributed by atoms with Gasteiger partial charge in [0.2, 0.25) is 0 Å². The fourth-order valence-electron chi connectivity index (χ4n) is 1.85. The first kappa shape index (κ1) is 15.1. The van der Waals surface area contributed by atoms with Gasteiger partial charge in [0, 0.05) is 12.2 Å². The molecule has 21 heavy (non-hydrogen) atoms. The predicted octanol–water partition coefficient (Wildman–Crippen LogP) is 3.33. The predicted molar refractivity (Wildman–Crippen MR) is 78.1 cm³/mol. The second-order valence-electron chi connectivity index (χ2n) is 4.56. The zero-order valence-corrected chi connectivity index (χ0v) is 11.6. The molecule has 0 bridgehead atoms. The van der Waals surface area contributed by atoms with E-state index in [1.54, 1.807) is 12.1 Å². The lowest BCUT2D eigenvalue weighted by atomic mass is 10.1. The molecule has 0 fully saturated rings. The van der Waals surface area contributed by atoms with Crippen LogP contribution in [-0.4, -0.2) is 12.5 Å². The second kappa shape index (κ2) is 6.95. The van der Waals surface area contributed by atoms with E-state index in [1.807, 2.05) is 19.1 Å². The summed E-state index contributed by atoms with van der Waals surface area (Å²) >= 11 is 0. The number of nitrogens with one attached hydrogen (secondary N) is 2. The van der Waals surface area contributed by atoms with Crippen LogP contribution in [0.4, 0.5) is 14.5 Å². The highest BCUT2D eigenvalue weighted by molar-refractivity contribution is 6.04. The van der Waals surface area contributed by atoms with Crippen molar-refractivity contribution in [2.75, 3.05) is 11.9 Å². The Balaban J connectivity index is 2.07. The summed E-state index contributed by atoms with van der Waals surface area (Å²) in [6, 6.07) is 9.96. The molecule has 5 heteroatoms. The van der Waals surface area contributed by atoms with Crippen LogP contribution in [0.5, 0.6) is 0 Å². The van der Waals surface area contributed by atoms with Gasteiger partial charge in [-0.1, -0.05) is 19.1 Å². The molecule has 2 N–H and O–H groups in total. The lowest BCUT2D eigenvalue weighted by molar-refractivity contribution is 0.102. The molecule has 0 unspecified atom stereocenters. The zero-order valence-electron chi connectivity index (χ0n) is 11.6. The normalized spacial score (nSPS) is 10.4. The van der Waals surface area contributed by atoms with E-state index in [-0.39, 0.29) is 5.56 Å². The number of hydrogen-bond acceptors (Lipinski definition) is 2. The molecule has 110 valence electrons. The van der Waals surface area contributed by atoms with Crippen molar-refractivity contribution in [1.29, 1.82) is 0 Å². The van der Waals surface area contributed by atoms with Crippen LogP contribution in [0.1, 0.15) is 22.8 Å². The molecular weight excluding hydrogens is 274 g/mol. The molecule has 0 spiro atoms. The Morgan fingerprint density at radius 3 is 2.48 bits per heavy atom. The zero-order chi connectivity index (χ0) is 15.2. The molecule has 0 saturated carbocycles. The van der Waals surface area contributed by atoms with Crippen molar-refractivity contribution in [2.24, 2.45) is 0 Å². The van der Waals surface area contributed by atoms with Crippen LogP contribution in [0.3, 0.4) is 0 Å². The first-order valence-corrected chi connectivity index (χ1v) is 6.66. The summed E-state index contributed by atoms with van der Waals surface area (Å²) in [5, 5.41) is 5.73. The van der Waals surface area contributed by atoms with Crippen molar-refractivity contribution < 1.29 is 13.6 Å². The molecule has 2 aromatic carbocycles. The van der Waals surface area contributed by atoms with Crippen molar-refractivity contribution in [3.05, 3.63) is 65.2 Å². The van der Waals surface area contributed by atoms with Crippen LogP contribution in [0.15, 0.2) is 42.5 Å². The number of benzene rings is 2. The first-order valence-electron chi connectivity index (χ1n) is 6.66. The summed E-state index contributed by atoms with van der Waals surface area (Å²) in [6.07, 6.45) is 0. The Kier molecular flexibility index (Phi) is 5.00. The summed E-state index contributed by atoms with van der Waals surface area (Å²) in [5.41, 5.74) is 1.29. The number of amides is 1. The standard InChI is InChI=1S/C16H16F2N2O/c1-2-19-10-11-3-6-13(7-4-11)20-16(21)14-9-12(17)5-8-15(14)18/h3-9,19H,2,10H2,1H3,(H,20,21). The summed E-state index contributed by atoms with van der Waals surface area (Å²) in [7, 11) is 0. The molecule has 0 saturated heterocycles. The third kappa shape index (κ3) is 4.10. The van der Waals surface area contributed by atoms with Gasteiger partial charge in [-0.25, -0.2) is 8.78 Å². The van der Waals surface area contributed by atoms with Gasteiger partial charge in [-0.15, -0.1) is 0 Å². The van der Waals surface area contributed by atoms with E-state index in [0.717, 1.165) is 36.9 Å². The Labute approximate surface area is 122 Å². The lowest BCUT2D eigenvalue weighted by Crippen LogP contribution is -2.14. The monoisotopic (exact) mass is 290 g/mol. The molecule has 2 aromatic rings. The minimum Gasteiger partial charge on any atom is -0.322 e. The average molecular weight is 290 g/mol. The van der Waals surface area contributed by atoms with Crippen LogP contribution >= 0.6 is 0 Å². The fraction of sp³-hybridized carbons (Fsp3) is 0.188. The van der Waals surface area contributed by atoms with Crippen LogP contribution < -0.4 is 10.6 Å². The molecule has 0 atom stereocenters. The maximum Gasteiger partial charge on any atom is 0.258 e. The SMILES string of the molecule is CCNCc1ccc(NC(=O)c2cc(F)ccc2F)cc1. The van der Waals surface area contributed by atoms with Crippen LogP contribution in [-0.2, 0) is 6.54 Å². The highest BCUT2D eigenvalue weighted by atomic mass is 19.1. The van der Waals surface area contributed by atoms with Crippen molar-refractivity contribution >= 4 is 11.6 Å². The molecule has 1 amide bonds. The number of rotatable bonds is 5. The van der Waals surface area contributed by atoms with Gasteiger partial charge in [-0.05, 0) is 42.4 Å². The van der Waals surface area contributed by atoms with Crippen molar-refractivity contribution in [1.82, 2.24) is 5.32 Å². The van der Waals surface area contributed by atoms with Crippen LogP contribution in [0, 0.1) is 11.6 Å². The molecule has 0 aliphatic rings. The molecule has 2 rings (SSSR count). The molecule has 3 nitrogen and oxygen atoms in total. The van der Waals surface area contributed by atoms with E-state index in [9.17, 15) is 13.6 Å². The largest absolute Gasteiger partial charge is 0.322 e. The molecule has 0 aromatic heterocycles. The summed E-state index contributed by atoms with van der Waals surface area (Å²) in [6.45, 7) is 3.63. The highest BCUT2D eigenvalue weighted by Gasteiger charge is 2.12. The molecule has 0 aliphatic carbocycles. The third-order valence-electron chi connectivity index (χ3n) is 2.96. The minimum absolute atomic E-state index is 0.313. The highest BCUT2D eigenvalue weighted by Crippen LogP contribution is 2.14. The van der Waals surface area contributed by atoms with Gasteiger partial charge in [0.15, 0.2) is 0 Å². The van der Waals surface area contributed by atoms with Gasteiger partial charge in [0.05, 0.1) is 5.56 Å². The summed E-state index contributed by atoms with van der Waals surface area (Å²) < 4.78 is 26.6. The number of halogens is 2. The molecule has 0 radical (unpaired) electrons. The van der Waals surface area contributed by atoms with Gasteiger partial charge in [-0.3, -0.25) is 4.79 Å². The Morgan fingerprint density at radius 2 is 1.81 bits per heavy atom. The summed E-state index contributed by atoms with van der Waals surface area (Å²) in [5.74, 6) is -2.08. The molecule has 0 aliphatic heterocycles. The molecular formula is C16H16F2N2O. The Hall–Kier alpha value is -2.27. The van der Waals surface area contributed by atoms with Crippen LogP contribution in [0.25, 0.3) is 0 Å². The van der Waals surface area contributed by atoms with E-state index in [4.69, 9.17) is 0 Å². The Morgan fingerprint density at radius 1 is 1.10 bits per heavy atom. The first-order chi connectivity index (χ1) is 10.1. The van der Waals surface area contributed by atoms with Crippen molar-refractivity contribution in [3.8, 4) is 0 Å². The lowest BCUT2D eigenvalue weighted by Gasteiger charge is -2.08. The summed E-state index contributed by atoms with van der Waals surface area (Å²) in [4.78, 5) is 11.9. The van der Waals surface area contributed by atoms with Gasteiger partial charge >= 0.3 is 0 Å². The smallest absolute Gasteiger partial charge is 0.258 e.